The van der Waals surface area contributed by atoms with Crippen LogP contribution in [0.15, 0.2) is 52.0 Å². The third kappa shape index (κ3) is 4.11. The lowest BCUT2D eigenvalue weighted by Gasteiger charge is -2.11. The molecule has 0 aliphatic heterocycles. The van der Waals surface area contributed by atoms with E-state index in [0.717, 1.165) is 16.9 Å². The van der Waals surface area contributed by atoms with E-state index in [-0.39, 0.29) is 11.3 Å². The number of halogens is 1. The molecule has 0 aliphatic rings. The van der Waals surface area contributed by atoms with Crippen LogP contribution in [-0.4, -0.2) is 21.9 Å². The zero-order chi connectivity index (χ0) is 18.7. The first-order chi connectivity index (χ1) is 12.5. The molecule has 0 radical (unpaired) electrons. The molecule has 0 amide bonds. The minimum absolute atomic E-state index is 0.221. The van der Waals surface area contributed by atoms with Crippen LogP contribution in [0.25, 0.3) is 0 Å². The molecule has 26 heavy (non-hydrogen) atoms. The van der Waals surface area contributed by atoms with Crippen LogP contribution in [0, 0.1) is 13.8 Å². The van der Waals surface area contributed by atoms with Crippen molar-refractivity contribution < 1.29 is 9.47 Å². The summed E-state index contributed by atoms with van der Waals surface area (Å²) < 4.78 is 13.1. The fourth-order valence-corrected chi connectivity index (χ4v) is 2.91. The number of pyridine rings is 1. The molecule has 7 heteroatoms. The normalized spacial score (nSPS) is 10.6. The van der Waals surface area contributed by atoms with Crippen molar-refractivity contribution in [3.63, 3.8) is 0 Å². The summed E-state index contributed by atoms with van der Waals surface area (Å²) in [6.07, 6.45) is 1.59. The Morgan fingerprint density at radius 2 is 1.85 bits per heavy atom. The predicted molar refractivity (Wildman–Crippen MR) is 102 cm³/mol. The van der Waals surface area contributed by atoms with Crippen LogP contribution in [0.5, 0.6) is 17.2 Å². The number of hydrogen-bond acceptors (Lipinski definition) is 5. The number of nitrogens with zero attached hydrogens (tertiary/aromatic N) is 3. The Bertz CT molecular complexity index is 984. The van der Waals surface area contributed by atoms with Gasteiger partial charge in [-0.15, -0.1) is 0 Å². The minimum Gasteiger partial charge on any atom is -0.497 e. The summed E-state index contributed by atoms with van der Waals surface area (Å²) in [6, 6.07) is 11.0. The maximum absolute atomic E-state index is 12.8. The zero-order valence-corrected chi connectivity index (χ0v) is 16.3. The van der Waals surface area contributed by atoms with E-state index >= 15 is 0 Å². The van der Waals surface area contributed by atoms with E-state index in [4.69, 9.17) is 9.47 Å². The van der Waals surface area contributed by atoms with Crippen molar-refractivity contribution in [3.8, 4) is 17.2 Å². The molecule has 0 atom stereocenters. The van der Waals surface area contributed by atoms with E-state index in [1.54, 1.807) is 19.4 Å². The first kappa shape index (κ1) is 18.1. The van der Waals surface area contributed by atoms with Gasteiger partial charge < -0.3 is 9.47 Å². The van der Waals surface area contributed by atoms with Crippen LogP contribution in [0.4, 0.5) is 0 Å². The number of benzene rings is 1. The molecule has 0 spiro atoms. The highest BCUT2D eigenvalue weighted by Gasteiger charge is 2.11. The average Bonchev–Trinajstić information content (AvgIpc) is 2.62. The van der Waals surface area contributed by atoms with Gasteiger partial charge in [-0.05, 0) is 59.1 Å². The third-order valence-electron chi connectivity index (χ3n) is 3.80. The van der Waals surface area contributed by atoms with Crippen LogP contribution >= 0.6 is 15.9 Å². The van der Waals surface area contributed by atoms with Gasteiger partial charge in [0.2, 0.25) is 0 Å². The monoisotopic (exact) mass is 415 g/mol. The quantitative estimate of drug-likeness (QED) is 0.591. The van der Waals surface area contributed by atoms with Crippen molar-refractivity contribution in [2.45, 2.75) is 20.4 Å². The Hall–Kier alpha value is -2.67. The van der Waals surface area contributed by atoms with Crippen LogP contribution in [-0.2, 0) is 6.54 Å². The van der Waals surface area contributed by atoms with Crippen molar-refractivity contribution in [2.24, 2.45) is 0 Å². The fourth-order valence-electron chi connectivity index (χ4n) is 2.46. The maximum Gasteiger partial charge on any atom is 0.310 e. The molecule has 3 aromatic rings. The van der Waals surface area contributed by atoms with Crippen molar-refractivity contribution in [2.75, 3.05) is 7.11 Å². The Balaban J connectivity index is 1.91. The van der Waals surface area contributed by atoms with Gasteiger partial charge >= 0.3 is 5.56 Å². The molecule has 2 heterocycles. The summed E-state index contributed by atoms with van der Waals surface area (Å²) in [5.74, 6) is 1.52. The Morgan fingerprint density at radius 1 is 1.12 bits per heavy atom. The van der Waals surface area contributed by atoms with Crippen molar-refractivity contribution in [1.29, 1.82) is 0 Å². The van der Waals surface area contributed by atoms with Gasteiger partial charge in [0.25, 0.3) is 0 Å². The van der Waals surface area contributed by atoms with E-state index in [1.807, 2.05) is 44.2 Å². The van der Waals surface area contributed by atoms with Gasteiger partial charge in [-0.1, -0.05) is 12.1 Å². The molecule has 0 saturated carbocycles. The molecular formula is C19H18BrN3O3. The minimum atomic E-state index is -0.297. The number of aromatic nitrogens is 3. The van der Waals surface area contributed by atoms with Gasteiger partial charge in [0, 0.05) is 6.07 Å². The van der Waals surface area contributed by atoms with Gasteiger partial charge in [-0.2, -0.15) is 5.10 Å². The smallest absolute Gasteiger partial charge is 0.310 e. The number of ether oxygens (including phenoxy) is 2. The van der Waals surface area contributed by atoms with E-state index in [2.05, 4.69) is 26.0 Å². The second kappa shape index (κ2) is 7.70. The van der Waals surface area contributed by atoms with Crippen LogP contribution in [0.3, 0.4) is 0 Å². The Labute approximate surface area is 159 Å². The van der Waals surface area contributed by atoms with E-state index in [0.29, 0.717) is 22.6 Å². The summed E-state index contributed by atoms with van der Waals surface area (Å²) in [6.45, 7) is 4.06. The van der Waals surface area contributed by atoms with Crippen LogP contribution < -0.4 is 15.0 Å². The van der Waals surface area contributed by atoms with Crippen LogP contribution in [0.2, 0.25) is 0 Å². The largest absolute Gasteiger partial charge is 0.497 e. The summed E-state index contributed by atoms with van der Waals surface area (Å²) in [4.78, 5) is 16.9. The first-order valence-corrected chi connectivity index (χ1v) is 8.77. The second-order valence-corrected chi connectivity index (χ2v) is 6.65. The molecule has 6 nitrogen and oxygen atoms in total. The lowest BCUT2D eigenvalue weighted by Crippen LogP contribution is -2.25. The highest BCUT2D eigenvalue weighted by molar-refractivity contribution is 9.10. The summed E-state index contributed by atoms with van der Waals surface area (Å²) in [5.41, 5.74) is 2.21. The van der Waals surface area contributed by atoms with Crippen LogP contribution in [0.1, 0.15) is 16.8 Å². The van der Waals surface area contributed by atoms with Gasteiger partial charge in [-0.3, -0.25) is 4.79 Å². The molecule has 0 fully saturated rings. The lowest BCUT2D eigenvalue weighted by atomic mass is 10.2. The zero-order valence-electron chi connectivity index (χ0n) is 14.7. The van der Waals surface area contributed by atoms with Gasteiger partial charge in [0.05, 0.1) is 25.5 Å². The molecule has 2 aromatic heterocycles. The topological polar surface area (TPSA) is 66.2 Å². The third-order valence-corrected chi connectivity index (χ3v) is 4.24. The molecule has 1 aromatic carbocycles. The highest BCUT2D eigenvalue weighted by Crippen LogP contribution is 2.24. The molecule has 0 aliphatic carbocycles. The van der Waals surface area contributed by atoms with E-state index in [1.165, 1.54) is 4.68 Å². The van der Waals surface area contributed by atoms with Gasteiger partial charge in [0.15, 0.2) is 5.75 Å². The SMILES string of the molecule is COc1ccc(Cn2nc(C)cc(Oc3cnc(Br)cc3C)c2=O)cc1. The molecular weight excluding hydrogens is 398 g/mol. The summed E-state index contributed by atoms with van der Waals surface area (Å²) in [7, 11) is 1.62. The number of rotatable bonds is 5. The van der Waals surface area contributed by atoms with Crippen molar-refractivity contribution >= 4 is 15.9 Å². The number of hydrogen-bond donors (Lipinski definition) is 0. The predicted octanol–water partition coefficient (Wildman–Crippen LogP) is 3.87. The lowest BCUT2D eigenvalue weighted by molar-refractivity contribution is 0.414. The second-order valence-electron chi connectivity index (χ2n) is 5.84. The van der Waals surface area contributed by atoms with Crippen molar-refractivity contribution in [1.82, 2.24) is 14.8 Å². The number of aryl methyl sites for hydroxylation is 2. The molecule has 0 saturated heterocycles. The van der Waals surface area contributed by atoms with Crippen molar-refractivity contribution in [3.05, 3.63) is 74.4 Å². The van der Waals surface area contributed by atoms with Gasteiger partial charge in [0.1, 0.15) is 16.1 Å². The van der Waals surface area contributed by atoms with E-state index in [9.17, 15) is 4.79 Å². The molecule has 134 valence electrons. The van der Waals surface area contributed by atoms with Gasteiger partial charge in [-0.25, -0.2) is 9.67 Å². The molecule has 0 N–H and O–H groups in total. The molecule has 0 unspecified atom stereocenters. The summed E-state index contributed by atoms with van der Waals surface area (Å²) in [5, 5.41) is 4.32. The standard InChI is InChI=1S/C19H18BrN3O3/c1-12-8-18(20)21-10-17(12)26-16-9-13(2)22-23(19(16)24)11-14-4-6-15(25-3)7-5-14/h4-10H,11H2,1-3H3. The Morgan fingerprint density at radius 3 is 2.50 bits per heavy atom. The number of methoxy groups -OCH3 is 1. The highest BCUT2D eigenvalue weighted by atomic mass is 79.9. The van der Waals surface area contributed by atoms with E-state index < -0.39 is 0 Å². The molecule has 3 rings (SSSR count). The summed E-state index contributed by atoms with van der Waals surface area (Å²) >= 11 is 3.32. The maximum atomic E-state index is 12.8. The Kier molecular flexibility index (Phi) is 5.37. The first-order valence-electron chi connectivity index (χ1n) is 7.98. The molecule has 0 bridgehead atoms. The fraction of sp³-hybridized carbons (Fsp3) is 0.211. The average molecular weight is 416 g/mol.